The van der Waals surface area contributed by atoms with Crippen molar-refractivity contribution in [1.82, 2.24) is 0 Å². The molecule has 2 aromatic carbocycles. The molecule has 2 nitrogen and oxygen atoms in total. The van der Waals surface area contributed by atoms with Crippen molar-refractivity contribution in [3.05, 3.63) is 62.8 Å². The number of halogens is 3. The Morgan fingerprint density at radius 1 is 1.24 bits per heavy atom. The number of hydrogen-bond acceptors (Lipinski definition) is 2. The van der Waals surface area contributed by atoms with Crippen LogP contribution in [0.3, 0.4) is 0 Å². The predicted molar refractivity (Wildman–Crippen MR) is 87.2 cm³/mol. The highest BCUT2D eigenvalue weighted by Crippen LogP contribution is 2.25. The molecule has 0 fully saturated rings. The van der Waals surface area contributed by atoms with E-state index in [9.17, 15) is 4.39 Å². The summed E-state index contributed by atoms with van der Waals surface area (Å²) in [6.45, 7) is 2.08. The molecule has 0 aliphatic carbocycles. The molecule has 1 atom stereocenters. The molecule has 2 N–H and O–H groups in total. The molecule has 0 bridgehead atoms. The van der Waals surface area contributed by atoms with Crippen molar-refractivity contribution in [2.24, 2.45) is 5.73 Å². The van der Waals surface area contributed by atoms with Crippen LogP contribution >= 0.6 is 27.5 Å². The van der Waals surface area contributed by atoms with Gasteiger partial charge < -0.3 is 10.5 Å². The van der Waals surface area contributed by atoms with Crippen molar-refractivity contribution in [2.45, 2.75) is 26.0 Å². The molecule has 0 saturated carbocycles. The van der Waals surface area contributed by atoms with Crippen molar-refractivity contribution >= 4 is 27.5 Å². The van der Waals surface area contributed by atoms with Crippen LogP contribution in [0.4, 0.5) is 4.39 Å². The Bertz CT molecular complexity index is 634. The summed E-state index contributed by atoms with van der Waals surface area (Å²) in [5, 5.41) is 0.489. The summed E-state index contributed by atoms with van der Waals surface area (Å²) in [5.41, 5.74) is 7.31. The average Bonchev–Trinajstić information content (AvgIpc) is 2.42. The van der Waals surface area contributed by atoms with E-state index < -0.39 is 0 Å². The molecule has 0 spiro atoms. The summed E-state index contributed by atoms with van der Waals surface area (Å²) >= 11 is 9.35. The first kappa shape index (κ1) is 16.3. The fourth-order valence-corrected chi connectivity index (χ4v) is 2.56. The Hall–Kier alpha value is -1.10. The third-order valence-corrected chi connectivity index (χ3v) is 3.97. The van der Waals surface area contributed by atoms with Crippen LogP contribution in [0.25, 0.3) is 0 Å². The van der Waals surface area contributed by atoms with Crippen LogP contribution in [-0.2, 0) is 13.0 Å². The minimum absolute atomic E-state index is 0.0573. The molecule has 0 heterocycles. The van der Waals surface area contributed by atoms with E-state index in [0.717, 1.165) is 16.5 Å². The second-order valence-corrected chi connectivity index (χ2v) is 6.25. The quantitative estimate of drug-likeness (QED) is 0.825. The predicted octanol–water partition coefficient (Wildman–Crippen LogP) is 4.71. The molecule has 0 aliphatic rings. The van der Waals surface area contributed by atoms with Crippen LogP contribution in [0.1, 0.15) is 18.1 Å². The number of ether oxygens (including phenoxy) is 1. The topological polar surface area (TPSA) is 35.2 Å². The van der Waals surface area contributed by atoms with Gasteiger partial charge in [0.1, 0.15) is 18.2 Å². The zero-order valence-corrected chi connectivity index (χ0v) is 13.9. The van der Waals surface area contributed by atoms with Crippen LogP contribution in [0.5, 0.6) is 5.75 Å². The first-order chi connectivity index (χ1) is 9.95. The normalized spacial score (nSPS) is 12.2. The molecule has 2 rings (SSSR count). The van der Waals surface area contributed by atoms with Gasteiger partial charge in [-0.1, -0.05) is 27.5 Å². The van der Waals surface area contributed by atoms with E-state index in [1.807, 2.05) is 25.1 Å². The zero-order valence-electron chi connectivity index (χ0n) is 11.6. The molecule has 0 saturated heterocycles. The summed E-state index contributed by atoms with van der Waals surface area (Å²) < 4.78 is 20.3. The smallest absolute Gasteiger partial charge is 0.129 e. The monoisotopic (exact) mass is 371 g/mol. The van der Waals surface area contributed by atoms with Gasteiger partial charge in [0.15, 0.2) is 0 Å². The van der Waals surface area contributed by atoms with Crippen molar-refractivity contribution in [3.8, 4) is 5.75 Å². The summed E-state index contributed by atoms with van der Waals surface area (Å²) in [6, 6.07) is 10.1. The average molecular weight is 373 g/mol. The largest absolute Gasteiger partial charge is 0.489 e. The third kappa shape index (κ3) is 4.70. The van der Waals surface area contributed by atoms with Gasteiger partial charge in [0.25, 0.3) is 0 Å². The molecule has 0 amide bonds. The maximum Gasteiger partial charge on any atom is 0.129 e. The lowest BCUT2D eigenvalue weighted by atomic mass is 10.1. The van der Waals surface area contributed by atoms with E-state index in [2.05, 4.69) is 15.9 Å². The van der Waals surface area contributed by atoms with Gasteiger partial charge in [-0.3, -0.25) is 0 Å². The van der Waals surface area contributed by atoms with Gasteiger partial charge >= 0.3 is 0 Å². The molecule has 112 valence electrons. The van der Waals surface area contributed by atoms with E-state index in [1.54, 1.807) is 6.07 Å². The van der Waals surface area contributed by atoms with Crippen molar-refractivity contribution in [2.75, 3.05) is 0 Å². The SMILES string of the molecule is CC(N)Cc1cc(OCc2cc(Cl)ccc2F)ccc1Br. The Labute approximate surface area is 137 Å². The van der Waals surface area contributed by atoms with Crippen molar-refractivity contribution in [3.63, 3.8) is 0 Å². The lowest BCUT2D eigenvalue weighted by Gasteiger charge is -2.12. The van der Waals surface area contributed by atoms with E-state index >= 15 is 0 Å². The van der Waals surface area contributed by atoms with E-state index in [4.69, 9.17) is 22.1 Å². The highest BCUT2D eigenvalue weighted by molar-refractivity contribution is 9.10. The van der Waals surface area contributed by atoms with Crippen LogP contribution in [-0.4, -0.2) is 6.04 Å². The summed E-state index contributed by atoms with van der Waals surface area (Å²) in [6.07, 6.45) is 0.739. The van der Waals surface area contributed by atoms with Crippen LogP contribution in [0, 0.1) is 5.82 Å². The maximum atomic E-state index is 13.6. The third-order valence-electron chi connectivity index (χ3n) is 2.96. The van der Waals surface area contributed by atoms with Gasteiger partial charge in [-0.25, -0.2) is 4.39 Å². The molecular weight excluding hydrogens is 357 g/mol. The highest BCUT2D eigenvalue weighted by Gasteiger charge is 2.07. The Kier molecular flexibility index (Phi) is 5.62. The lowest BCUT2D eigenvalue weighted by Crippen LogP contribution is -2.18. The number of hydrogen-bond donors (Lipinski definition) is 1. The summed E-state index contributed by atoms with van der Waals surface area (Å²) in [7, 11) is 0. The van der Waals surface area contributed by atoms with E-state index in [-0.39, 0.29) is 18.5 Å². The number of rotatable bonds is 5. The van der Waals surface area contributed by atoms with E-state index in [0.29, 0.717) is 16.3 Å². The molecule has 0 aliphatic heterocycles. The van der Waals surface area contributed by atoms with Crippen LogP contribution in [0.2, 0.25) is 5.02 Å². The van der Waals surface area contributed by atoms with Crippen LogP contribution in [0.15, 0.2) is 40.9 Å². The Morgan fingerprint density at radius 2 is 2.00 bits per heavy atom. The summed E-state index contributed by atoms with van der Waals surface area (Å²) in [5.74, 6) is 0.348. The second kappa shape index (κ2) is 7.25. The molecular formula is C16H16BrClFNO. The number of benzene rings is 2. The van der Waals surface area contributed by atoms with Gasteiger partial charge in [-0.15, -0.1) is 0 Å². The van der Waals surface area contributed by atoms with Crippen LogP contribution < -0.4 is 10.5 Å². The molecule has 5 heteroatoms. The Morgan fingerprint density at radius 3 is 2.71 bits per heavy atom. The first-order valence-corrected chi connectivity index (χ1v) is 7.73. The molecule has 2 aromatic rings. The maximum absolute atomic E-state index is 13.6. The highest BCUT2D eigenvalue weighted by atomic mass is 79.9. The summed E-state index contributed by atoms with van der Waals surface area (Å²) in [4.78, 5) is 0. The van der Waals surface area contributed by atoms with Gasteiger partial charge in [0.05, 0.1) is 0 Å². The lowest BCUT2D eigenvalue weighted by molar-refractivity contribution is 0.299. The molecule has 0 aromatic heterocycles. The standard InChI is InChI=1S/C16H16BrClFNO/c1-10(20)6-11-8-14(3-4-15(11)17)21-9-12-7-13(18)2-5-16(12)19/h2-5,7-8,10H,6,9,20H2,1H3. The fraction of sp³-hybridized carbons (Fsp3) is 0.250. The van der Waals surface area contributed by atoms with Gasteiger partial charge in [-0.2, -0.15) is 0 Å². The van der Waals surface area contributed by atoms with Crippen molar-refractivity contribution in [1.29, 1.82) is 0 Å². The van der Waals surface area contributed by atoms with Gasteiger partial charge in [0.2, 0.25) is 0 Å². The molecule has 0 radical (unpaired) electrons. The molecule has 21 heavy (non-hydrogen) atoms. The minimum Gasteiger partial charge on any atom is -0.489 e. The first-order valence-electron chi connectivity index (χ1n) is 6.56. The zero-order chi connectivity index (χ0) is 15.4. The van der Waals surface area contributed by atoms with Gasteiger partial charge in [-0.05, 0) is 55.3 Å². The Balaban J connectivity index is 2.11. The van der Waals surface area contributed by atoms with E-state index in [1.165, 1.54) is 12.1 Å². The number of nitrogens with two attached hydrogens (primary N) is 1. The van der Waals surface area contributed by atoms with Gasteiger partial charge in [0, 0.05) is 21.1 Å². The van der Waals surface area contributed by atoms with Crippen molar-refractivity contribution < 1.29 is 9.13 Å². The minimum atomic E-state index is -0.327. The molecule has 1 unspecified atom stereocenters. The fourth-order valence-electron chi connectivity index (χ4n) is 1.96. The second-order valence-electron chi connectivity index (χ2n) is 4.96.